The number of nitrogens with zero attached hydrogens (tertiary/aromatic N) is 2. The molecule has 2 aromatic rings. The highest BCUT2D eigenvalue weighted by atomic mass is 35.5. The Hall–Kier alpha value is -1.13. The maximum Gasteiger partial charge on any atom is 0.135 e. The van der Waals surface area contributed by atoms with Crippen LogP contribution in [-0.4, -0.2) is 9.97 Å². The van der Waals surface area contributed by atoms with Crippen molar-refractivity contribution in [1.82, 2.24) is 9.97 Å². The summed E-state index contributed by atoms with van der Waals surface area (Å²) in [6.45, 7) is 8.52. The van der Waals surface area contributed by atoms with Crippen LogP contribution in [0.25, 0.3) is 0 Å². The monoisotopic (exact) mass is 309 g/mol. The van der Waals surface area contributed by atoms with Gasteiger partial charge in [0.15, 0.2) is 0 Å². The van der Waals surface area contributed by atoms with Crippen molar-refractivity contribution in [2.45, 2.75) is 39.7 Å². The van der Waals surface area contributed by atoms with Gasteiger partial charge < -0.3 is 5.32 Å². The molecule has 1 atom stereocenters. The lowest BCUT2D eigenvalue weighted by molar-refractivity contribution is 0.551. The van der Waals surface area contributed by atoms with Gasteiger partial charge in [-0.15, -0.1) is 11.3 Å². The Balaban J connectivity index is 2.27. The second kappa shape index (κ2) is 6.55. The van der Waals surface area contributed by atoms with Crippen molar-refractivity contribution in [2.24, 2.45) is 5.92 Å². The van der Waals surface area contributed by atoms with Crippen molar-refractivity contribution < 1.29 is 0 Å². The zero-order chi connectivity index (χ0) is 14.7. The fourth-order valence-corrected chi connectivity index (χ4v) is 3.10. The molecule has 0 aliphatic carbocycles. The molecule has 1 unspecified atom stereocenters. The first-order chi connectivity index (χ1) is 9.47. The summed E-state index contributed by atoms with van der Waals surface area (Å²) in [4.78, 5) is 10.1. The van der Waals surface area contributed by atoms with E-state index in [-0.39, 0.29) is 12.0 Å². The molecule has 0 saturated heterocycles. The molecule has 2 aromatic heterocycles. The molecule has 5 heteroatoms. The fourth-order valence-electron chi connectivity index (χ4n) is 1.96. The summed E-state index contributed by atoms with van der Waals surface area (Å²) in [5.74, 6) is 2.29. The molecular weight excluding hydrogens is 290 g/mol. The van der Waals surface area contributed by atoms with Gasteiger partial charge in [-0.25, -0.2) is 9.97 Å². The molecule has 2 rings (SSSR count). The minimum Gasteiger partial charge on any atom is -0.362 e. The Kier molecular flexibility index (Phi) is 5.00. The molecule has 0 aliphatic heterocycles. The van der Waals surface area contributed by atoms with Crippen LogP contribution in [0.1, 0.15) is 50.4 Å². The van der Waals surface area contributed by atoms with Gasteiger partial charge in [0.2, 0.25) is 0 Å². The quantitative estimate of drug-likeness (QED) is 0.779. The van der Waals surface area contributed by atoms with Crippen LogP contribution in [-0.2, 0) is 0 Å². The van der Waals surface area contributed by atoms with Crippen molar-refractivity contribution in [3.8, 4) is 0 Å². The van der Waals surface area contributed by atoms with Crippen molar-refractivity contribution in [1.29, 1.82) is 0 Å². The third-order valence-electron chi connectivity index (χ3n) is 3.05. The van der Waals surface area contributed by atoms with E-state index in [1.54, 1.807) is 17.4 Å². The second-order valence-corrected chi connectivity index (χ2v) is 6.84. The van der Waals surface area contributed by atoms with Gasteiger partial charge in [0.05, 0.1) is 6.04 Å². The van der Waals surface area contributed by atoms with Crippen LogP contribution in [0.2, 0.25) is 5.15 Å². The molecule has 0 saturated carbocycles. The predicted octanol–water partition coefficient (Wildman–Crippen LogP) is 5.12. The standard InChI is InChI=1S/C15H20ClN3S/c1-9(2)14(11-6-5-7-20-11)18-13-8-12(16)17-15(19-13)10(3)4/h5-10,14H,1-4H3,(H,17,18,19). The number of hydrogen-bond donors (Lipinski definition) is 1. The molecule has 0 bridgehead atoms. The zero-order valence-corrected chi connectivity index (χ0v) is 13.8. The minimum absolute atomic E-state index is 0.237. The van der Waals surface area contributed by atoms with Crippen LogP contribution in [0.4, 0.5) is 5.82 Å². The minimum atomic E-state index is 0.237. The van der Waals surface area contributed by atoms with E-state index in [0.29, 0.717) is 11.1 Å². The van der Waals surface area contributed by atoms with Gasteiger partial charge in [-0.2, -0.15) is 0 Å². The predicted molar refractivity (Wildman–Crippen MR) is 86.7 cm³/mol. The number of aromatic nitrogens is 2. The maximum absolute atomic E-state index is 6.09. The van der Waals surface area contributed by atoms with Crippen molar-refractivity contribution in [3.05, 3.63) is 39.4 Å². The van der Waals surface area contributed by atoms with Gasteiger partial charge in [-0.1, -0.05) is 45.4 Å². The molecule has 0 amide bonds. The van der Waals surface area contributed by atoms with Crippen LogP contribution in [0.15, 0.2) is 23.6 Å². The van der Waals surface area contributed by atoms with E-state index in [2.05, 4.69) is 60.5 Å². The number of rotatable bonds is 5. The Labute approximate surface area is 129 Å². The molecule has 0 aromatic carbocycles. The van der Waals surface area contributed by atoms with Crippen LogP contribution >= 0.6 is 22.9 Å². The van der Waals surface area contributed by atoms with Gasteiger partial charge in [0.25, 0.3) is 0 Å². The van der Waals surface area contributed by atoms with Gasteiger partial charge in [0.1, 0.15) is 16.8 Å². The largest absolute Gasteiger partial charge is 0.362 e. The molecule has 1 N–H and O–H groups in total. The zero-order valence-electron chi connectivity index (χ0n) is 12.2. The SMILES string of the molecule is CC(C)c1nc(Cl)cc(NC(c2cccs2)C(C)C)n1. The molecule has 0 radical (unpaired) electrons. The summed E-state index contributed by atoms with van der Waals surface area (Å²) in [5, 5.41) is 6.07. The molecule has 108 valence electrons. The third-order valence-corrected chi connectivity index (χ3v) is 4.20. The van der Waals surface area contributed by atoms with Crippen molar-refractivity contribution in [3.63, 3.8) is 0 Å². The fraction of sp³-hybridized carbons (Fsp3) is 0.467. The molecule has 3 nitrogen and oxygen atoms in total. The molecule has 20 heavy (non-hydrogen) atoms. The second-order valence-electron chi connectivity index (χ2n) is 5.47. The Morgan fingerprint density at radius 3 is 2.50 bits per heavy atom. The number of thiophene rings is 1. The highest BCUT2D eigenvalue weighted by Gasteiger charge is 2.18. The van der Waals surface area contributed by atoms with Crippen LogP contribution in [0, 0.1) is 5.92 Å². The average Bonchev–Trinajstić information content (AvgIpc) is 2.88. The van der Waals surface area contributed by atoms with E-state index in [4.69, 9.17) is 11.6 Å². The van der Waals surface area contributed by atoms with Crippen LogP contribution in [0.5, 0.6) is 0 Å². The molecule has 0 aliphatic rings. The van der Waals surface area contributed by atoms with E-state index in [9.17, 15) is 0 Å². The highest BCUT2D eigenvalue weighted by molar-refractivity contribution is 7.10. The summed E-state index contributed by atoms with van der Waals surface area (Å²) < 4.78 is 0. The van der Waals surface area contributed by atoms with Crippen LogP contribution in [0.3, 0.4) is 0 Å². The van der Waals surface area contributed by atoms with Gasteiger partial charge in [0, 0.05) is 16.9 Å². The topological polar surface area (TPSA) is 37.8 Å². The summed E-state index contributed by atoms with van der Waals surface area (Å²) in [7, 11) is 0. The van der Waals surface area contributed by atoms with Gasteiger partial charge in [-0.3, -0.25) is 0 Å². The summed E-state index contributed by atoms with van der Waals surface area (Å²) in [5.41, 5.74) is 0. The van der Waals surface area contributed by atoms with E-state index >= 15 is 0 Å². The number of nitrogens with one attached hydrogen (secondary N) is 1. The third kappa shape index (κ3) is 3.70. The Morgan fingerprint density at radius 1 is 1.20 bits per heavy atom. The summed E-state index contributed by atoms with van der Waals surface area (Å²) in [6, 6.07) is 6.25. The summed E-state index contributed by atoms with van der Waals surface area (Å²) >= 11 is 7.85. The van der Waals surface area contributed by atoms with E-state index in [1.165, 1.54) is 4.88 Å². The number of anilines is 1. The number of halogens is 1. The average molecular weight is 310 g/mol. The normalized spacial score (nSPS) is 12.9. The molecular formula is C15H20ClN3S. The first kappa shape index (κ1) is 15.3. The molecule has 2 heterocycles. The lowest BCUT2D eigenvalue weighted by Gasteiger charge is -2.22. The van der Waals surface area contributed by atoms with Crippen molar-refractivity contribution >= 4 is 28.8 Å². The Morgan fingerprint density at radius 2 is 1.95 bits per heavy atom. The summed E-state index contributed by atoms with van der Waals surface area (Å²) in [6.07, 6.45) is 0. The van der Waals surface area contributed by atoms with Crippen molar-refractivity contribution in [2.75, 3.05) is 5.32 Å². The first-order valence-electron chi connectivity index (χ1n) is 6.81. The Bertz CT molecular complexity index is 552. The van der Waals surface area contributed by atoms with Gasteiger partial charge >= 0.3 is 0 Å². The van der Waals surface area contributed by atoms with E-state index < -0.39 is 0 Å². The van der Waals surface area contributed by atoms with Crippen LogP contribution < -0.4 is 5.32 Å². The number of hydrogen-bond acceptors (Lipinski definition) is 4. The van der Waals surface area contributed by atoms with E-state index in [0.717, 1.165) is 11.6 Å². The molecule has 0 fully saturated rings. The lowest BCUT2D eigenvalue weighted by atomic mass is 10.0. The maximum atomic E-state index is 6.09. The smallest absolute Gasteiger partial charge is 0.135 e. The van der Waals surface area contributed by atoms with E-state index in [1.807, 2.05) is 0 Å². The first-order valence-corrected chi connectivity index (χ1v) is 8.07. The highest BCUT2D eigenvalue weighted by Crippen LogP contribution is 2.30. The lowest BCUT2D eigenvalue weighted by Crippen LogP contribution is -2.17. The van der Waals surface area contributed by atoms with Gasteiger partial charge in [-0.05, 0) is 17.4 Å². The molecule has 0 spiro atoms.